The van der Waals surface area contributed by atoms with E-state index in [1.54, 1.807) is 11.0 Å². The number of hydrogen-bond donors (Lipinski definition) is 1. The minimum atomic E-state index is -4.29. The average molecular weight is 260 g/mol. The molecule has 18 heavy (non-hydrogen) atoms. The minimum Gasteiger partial charge on any atom is -0.378 e. The van der Waals surface area contributed by atoms with Crippen LogP contribution in [0.1, 0.15) is 24.0 Å². The second-order valence-electron chi connectivity index (χ2n) is 4.48. The molecule has 0 aliphatic rings. The molecule has 0 heterocycles. The van der Waals surface area contributed by atoms with Gasteiger partial charge in [0.1, 0.15) is 0 Å². The third-order valence-electron chi connectivity index (χ3n) is 2.81. The first-order valence-electron chi connectivity index (χ1n) is 5.93. The number of alkyl halides is 3. The third kappa shape index (κ3) is 3.91. The van der Waals surface area contributed by atoms with Gasteiger partial charge < -0.3 is 10.6 Å². The van der Waals surface area contributed by atoms with E-state index < -0.39 is 11.7 Å². The van der Waals surface area contributed by atoms with Crippen molar-refractivity contribution in [3.8, 4) is 0 Å². The molecule has 0 saturated heterocycles. The molecule has 2 nitrogen and oxygen atoms in total. The summed E-state index contributed by atoms with van der Waals surface area (Å²) < 4.78 is 38.6. The zero-order valence-corrected chi connectivity index (χ0v) is 10.7. The van der Waals surface area contributed by atoms with Crippen molar-refractivity contribution in [1.82, 2.24) is 0 Å². The molecule has 0 spiro atoms. The number of unbranched alkanes of at least 4 members (excludes halogenated alkanes) is 1. The molecule has 5 heteroatoms. The largest absolute Gasteiger partial charge is 0.416 e. The number of nitrogens with two attached hydrogens (primary N) is 1. The summed E-state index contributed by atoms with van der Waals surface area (Å²) in [6.07, 6.45) is -2.46. The second-order valence-corrected chi connectivity index (χ2v) is 4.48. The van der Waals surface area contributed by atoms with Gasteiger partial charge in [-0.05, 0) is 49.6 Å². The van der Waals surface area contributed by atoms with Crippen LogP contribution in [-0.2, 0) is 12.6 Å². The molecule has 0 atom stereocenters. The molecule has 0 aliphatic carbocycles. The Hall–Kier alpha value is -1.23. The van der Waals surface area contributed by atoms with E-state index in [0.29, 0.717) is 24.9 Å². The van der Waals surface area contributed by atoms with Crippen LogP contribution in [0.15, 0.2) is 18.2 Å². The van der Waals surface area contributed by atoms with Crippen LogP contribution < -0.4 is 10.6 Å². The van der Waals surface area contributed by atoms with E-state index in [4.69, 9.17) is 5.73 Å². The highest BCUT2D eigenvalue weighted by Crippen LogP contribution is 2.34. The maximum absolute atomic E-state index is 12.9. The smallest absolute Gasteiger partial charge is 0.378 e. The second kappa shape index (κ2) is 6.09. The maximum Gasteiger partial charge on any atom is 0.416 e. The lowest BCUT2D eigenvalue weighted by Gasteiger charge is -2.18. The fourth-order valence-corrected chi connectivity index (χ4v) is 1.80. The van der Waals surface area contributed by atoms with Crippen LogP contribution in [0.5, 0.6) is 0 Å². The lowest BCUT2D eigenvalue weighted by Crippen LogP contribution is -2.13. The summed E-state index contributed by atoms with van der Waals surface area (Å²) in [4.78, 5) is 1.80. The molecule has 0 saturated carbocycles. The number of hydrogen-bond acceptors (Lipinski definition) is 2. The summed E-state index contributed by atoms with van der Waals surface area (Å²) in [5.41, 5.74) is 5.96. The minimum absolute atomic E-state index is 0.349. The summed E-state index contributed by atoms with van der Waals surface area (Å²) in [5, 5.41) is 0. The summed E-state index contributed by atoms with van der Waals surface area (Å²) >= 11 is 0. The predicted octanol–water partition coefficient (Wildman–Crippen LogP) is 3.05. The summed E-state index contributed by atoms with van der Waals surface area (Å²) in [6, 6.07) is 4.27. The molecule has 102 valence electrons. The number of aryl methyl sites for hydroxylation is 1. The van der Waals surface area contributed by atoms with Gasteiger partial charge in [-0.15, -0.1) is 0 Å². The Morgan fingerprint density at radius 1 is 1.17 bits per heavy atom. The fraction of sp³-hybridized carbons (Fsp3) is 0.538. The molecule has 0 aliphatic heterocycles. The van der Waals surface area contributed by atoms with Gasteiger partial charge >= 0.3 is 6.18 Å². The first kappa shape index (κ1) is 14.8. The molecule has 1 aromatic rings. The molecule has 0 fully saturated rings. The van der Waals surface area contributed by atoms with Crippen LogP contribution in [0.2, 0.25) is 0 Å². The number of rotatable bonds is 5. The molecule has 0 bridgehead atoms. The van der Waals surface area contributed by atoms with Crippen molar-refractivity contribution in [3.05, 3.63) is 29.3 Å². The van der Waals surface area contributed by atoms with Gasteiger partial charge in [-0.2, -0.15) is 13.2 Å². The van der Waals surface area contributed by atoms with Gasteiger partial charge in [-0.1, -0.05) is 0 Å². The Kier molecular flexibility index (Phi) is 5.02. The molecule has 1 aromatic carbocycles. The summed E-state index contributed by atoms with van der Waals surface area (Å²) in [6.45, 7) is 0.509. The van der Waals surface area contributed by atoms with Crippen molar-refractivity contribution in [1.29, 1.82) is 0 Å². The zero-order valence-electron chi connectivity index (χ0n) is 10.7. The van der Waals surface area contributed by atoms with Crippen LogP contribution in [-0.4, -0.2) is 20.6 Å². The standard InChI is InChI=1S/C13H19F3N2/c1-18(2)11-6-7-12(13(14,15)16)10(9-11)5-3-4-8-17/h6-7,9H,3-5,8,17H2,1-2H3. The highest BCUT2D eigenvalue weighted by molar-refractivity contribution is 5.50. The van der Waals surface area contributed by atoms with Crippen molar-refractivity contribution in [2.24, 2.45) is 5.73 Å². The first-order valence-corrected chi connectivity index (χ1v) is 5.93. The normalized spacial score (nSPS) is 11.7. The quantitative estimate of drug-likeness (QED) is 0.824. The topological polar surface area (TPSA) is 29.3 Å². The highest BCUT2D eigenvalue weighted by Gasteiger charge is 2.33. The molecule has 0 aromatic heterocycles. The van der Waals surface area contributed by atoms with Crippen molar-refractivity contribution in [2.45, 2.75) is 25.4 Å². The maximum atomic E-state index is 12.9. The lowest BCUT2D eigenvalue weighted by molar-refractivity contribution is -0.138. The van der Waals surface area contributed by atoms with Gasteiger partial charge in [-0.25, -0.2) is 0 Å². The van der Waals surface area contributed by atoms with Gasteiger partial charge in [-0.3, -0.25) is 0 Å². The van der Waals surface area contributed by atoms with Crippen molar-refractivity contribution < 1.29 is 13.2 Å². The van der Waals surface area contributed by atoms with E-state index in [9.17, 15) is 13.2 Å². The summed E-state index contributed by atoms with van der Waals surface area (Å²) in [7, 11) is 3.62. The van der Waals surface area contributed by atoms with Crippen LogP contribution in [0, 0.1) is 0 Å². The number of benzene rings is 1. The van der Waals surface area contributed by atoms with E-state index in [-0.39, 0.29) is 0 Å². The Morgan fingerprint density at radius 3 is 2.33 bits per heavy atom. The highest BCUT2D eigenvalue weighted by atomic mass is 19.4. The van der Waals surface area contributed by atoms with E-state index in [0.717, 1.165) is 18.2 Å². The Labute approximate surface area is 106 Å². The number of nitrogens with zero attached hydrogens (tertiary/aromatic N) is 1. The fourth-order valence-electron chi connectivity index (χ4n) is 1.80. The van der Waals surface area contributed by atoms with Crippen molar-refractivity contribution in [3.63, 3.8) is 0 Å². The van der Waals surface area contributed by atoms with Gasteiger partial charge in [0.25, 0.3) is 0 Å². The number of anilines is 1. The van der Waals surface area contributed by atoms with Crippen LogP contribution in [0.25, 0.3) is 0 Å². The molecule has 2 N–H and O–H groups in total. The molecular formula is C13H19F3N2. The molecule has 0 unspecified atom stereocenters. The predicted molar refractivity (Wildman–Crippen MR) is 67.8 cm³/mol. The van der Waals surface area contributed by atoms with E-state index in [2.05, 4.69) is 0 Å². The van der Waals surface area contributed by atoms with E-state index >= 15 is 0 Å². The van der Waals surface area contributed by atoms with Gasteiger partial charge in [0, 0.05) is 19.8 Å². The van der Waals surface area contributed by atoms with Gasteiger partial charge in [0.2, 0.25) is 0 Å². The van der Waals surface area contributed by atoms with E-state index in [1.165, 1.54) is 6.07 Å². The number of halogens is 3. The molecular weight excluding hydrogens is 241 g/mol. The monoisotopic (exact) mass is 260 g/mol. The zero-order chi connectivity index (χ0) is 13.8. The first-order chi connectivity index (χ1) is 8.36. The molecule has 0 amide bonds. The van der Waals surface area contributed by atoms with Crippen LogP contribution >= 0.6 is 0 Å². The molecule has 1 rings (SSSR count). The molecule has 0 radical (unpaired) electrons. The lowest BCUT2D eigenvalue weighted by atomic mass is 10.0. The summed E-state index contributed by atoms with van der Waals surface area (Å²) in [5.74, 6) is 0. The Bertz CT molecular complexity index is 386. The van der Waals surface area contributed by atoms with Crippen LogP contribution in [0.3, 0.4) is 0 Å². The van der Waals surface area contributed by atoms with Crippen LogP contribution in [0.4, 0.5) is 18.9 Å². The Morgan fingerprint density at radius 2 is 1.83 bits per heavy atom. The van der Waals surface area contributed by atoms with Gasteiger partial charge in [0.15, 0.2) is 0 Å². The average Bonchev–Trinajstić information content (AvgIpc) is 2.27. The SMILES string of the molecule is CN(C)c1ccc(C(F)(F)F)c(CCCCN)c1. The van der Waals surface area contributed by atoms with Crippen molar-refractivity contribution >= 4 is 5.69 Å². The Balaban J connectivity index is 3.02. The van der Waals surface area contributed by atoms with Gasteiger partial charge in [0.05, 0.1) is 5.56 Å². The van der Waals surface area contributed by atoms with Crippen molar-refractivity contribution in [2.75, 3.05) is 25.5 Å². The third-order valence-corrected chi connectivity index (χ3v) is 2.81. The van der Waals surface area contributed by atoms with E-state index in [1.807, 2.05) is 14.1 Å².